The summed E-state index contributed by atoms with van der Waals surface area (Å²) in [5, 5.41) is 0. The Labute approximate surface area is 141 Å². The van der Waals surface area contributed by atoms with Crippen LogP contribution >= 0.6 is 0 Å². The van der Waals surface area contributed by atoms with Crippen LogP contribution < -0.4 is 14.2 Å². The molecule has 0 bridgehead atoms. The zero-order valence-corrected chi connectivity index (χ0v) is 14.8. The number of carbonyl (C=O) groups excluding carboxylic acids is 1. The average Bonchev–Trinajstić information content (AvgIpc) is 2.59. The minimum atomic E-state index is -3.81. The quantitative estimate of drug-likeness (QED) is 0.782. The van der Waals surface area contributed by atoms with Crippen molar-refractivity contribution in [3.05, 3.63) is 18.2 Å². The van der Waals surface area contributed by atoms with Gasteiger partial charge in [-0.1, -0.05) is 0 Å². The van der Waals surface area contributed by atoms with Crippen molar-refractivity contribution < 1.29 is 27.4 Å². The Morgan fingerprint density at radius 3 is 2.75 bits per heavy atom. The van der Waals surface area contributed by atoms with E-state index in [1.165, 1.54) is 33.3 Å². The summed E-state index contributed by atoms with van der Waals surface area (Å²) < 4.78 is 43.3. The Morgan fingerprint density at radius 1 is 1.38 bits per heavy atom. The SMILES string of the molecule is COc1ccc(OC)c(S(=O)(=O)NCC2CN(C(C)=O)CCO2)c1. The molecule has 134 valence electrons. The summed E-state index contributed by atoms with van der Waals surface area (Å²) in [6, 6.07) is 4.54. The Morgan fingerprint density at radius 2 is 2.12 bits per heavy atom. The molecule has 1 aliphatic rings. The van der Waals surface area contributed by atoms with Crippen LogP contribution in [0.4, 0.5) is 0 Å². The van der Waals surface area contributed by atoms with Crippen LogP contribution in [0.3, 0.4) is 0 Å². The molecule has 9 heteroatoms. The fraction of sp³-hybridized carbons (Fsp3) is 0.533. The summed E-state index contributed by atoms with van der Waals surface area (Å²) in [7, 11) is -0.956. The van der Waals surface area contributed by atoms with Crippen LogP contribution in [0.15, 0.2) is 23.1 Å². The first-order valence-electron chi connectivity index (χ1n) is 7.46. The number of hydrogen-bond donors (Lipinski definition) is 1. The first-order valence-corrected chi connectivity index (χ1v) is 8.94. The number of nitrogens with one attached hydrogen (secondary N) is 1. The molecule has 0 aliphatic carbocycles. The zero-order chi connectivity index (χ0) is 17.7. The topological polar surface area (TPSA) is 94.2 Å². The van der Waals surface area contributed by atoms with E-state index in [1.807, 2.05) is 0 Å². The van der Waals surface area contributed by atoms with Crippen molar-refractivity contribution in [3.8, 4) is 11.5 Å². The lowest BCUT2D eigenvalue weighted by Crippen LogP contribution is -2.49. The van der Waals surface area contributed by atoms with Gasteiger partial charge in [0.2, 0.25) is 15.9 Å². The van der Waals surface area contributed by atoms with Crippen LogP contribution in [-0.4, -0.2) is 65.8 Å². The van der Waals surface area contributed by atoms with Crippen molar-refractivity contribution in [3.63, 3.8) is 0 Å². The highest BCUT2D eigenvalue weighted by molar-refractivity contribution is 7.89. The number of nitrogens with zero attached hydrogens (tertiary/aromatic N) is 1. The van der Waals surface area contributed by atoms with E-state index >= 15 is 0 Å². The van der Waals surface area contributed by atoms with Gasteiger partial charge in [-0.05, 0) is 12.1 Å². The number of ether oxygens (including phenoxy) is 3. The number of rotatable bonds is 6. The third-order valence-electron chi connectivity index (χ3n) is 3.75. The second kappa shape index (κ2) is 7.82. The minimum Gasteiger partial charge on any atom is -0.497 e. The van der Waals surface area contributed by atoms with Crippen LogP contribution in [0.5, 0.6) is 11.5 Å². The van der Waals surface area contributed by atoms with Crippen LogP contribution in [0.2, 0.25) is 0 Å². The number of carbonyl (C=O) groups is 1. The first kappa shape index (κ1) is 18.5. The molecule has 0 radical (unpaired) electrons. The summed E-state index contributed by atoms with van der Waals surface area (Å²) in [6.07, 6.45) is -0.394. The van der Waals surface area contributed by atoms with E-state index in [-0.39, 0.29) is 23.1 Å². The molecular formula is C15H22N2O6S. The highest BCUT2D eigenvalue weighted by atomic mass is 32.2. The molecule has 24 heavy (non-hydrogen) atoms. The zero-order valence-electron chi connectivity index (χ0n) is 13.9. The highest BCUT2D eigenvalue weighted by Gasteiger charge is 2.26. The third kappa shape index (κ3) is 4.37. The van der Waals surface area contributed by atoms with Gasteiger partial charge in [0.25, 0.3) is 0 Å². The number of methoxy groups -OCH3 is 2. The van der Waals surface area contributed by atoms with Crippen molar-refractivity contribution in [2.75, 3.05) is 40.5 Å². The molecule has 1 heterocycles. The molecule has 1 aromatic carbocycles. The van der Waals surface area contributed by atoms with Crippen molar-refractivity contribution in [1.29, 1.82) is 0 Å². The van der Waals surface area contributed by atoms with Gasteiger partial charge in [0.05, 0.1) is 26.9 Å². The van der Waals surface area contributed by atoms with Crippen molar-refractivity contribution >= 4 is 15.9 Å². The van der Waals surface area contributed by atoms with Gasteiger partial charge in [-0.15, -0.1) is 0 Å². The maximum Gasteiger partial charge on any atom is 0.244 e. The van der Waals surface area contributed by atoms with Gasteiger partial charge in [-0.25, -0.2) is 13.1 Å². The molecule has 1 N–H and O–H groups in total. The normalized spacial score (nSPS) is 18.3. The van der Waals surface area contributed by atoms with Gasteiger partial charge in [0.15, 0.2) is 0 Å². The van der Waals surface area contributed by atoms with E-state index in [4.69, 9.17) is 14.2 Å². The second-order valence-electron chi connectivity index (χ2n) is 5.33. The second-order valence-corrected chi connectivity index (χ2v) is 7.06. The summed E-state index contributed by atoms with van der Waals surface area (Å²) in [6.45, 7) is 2.80. The Bertz CT molecular complexity index is 691. The fourth-order valence-electron chi connectivity index (χ4n) is 2.40. The third-order valence-corrected chi connectivity index (χ3v) is 5.19. The van der Waals surface area contributed by atoms with Crippen LogP contribution in [0.25, 0.3) is 0 Å². The van der Waals surface area contributed by atoms with E-state index < -0.39 is 16.1 Å². The van der Waals surface area contributed by atoms with Crippen molar-refractivity contribution in [2.24, 2.45) is 0 Å². The largest absolute Gasteiger partial charge is 0.497 e. The Balaban J connectivity index is 2.10. The number of benzene rings is 1. The molecule has 1 atom stereocenters. The number of sulfonamides is 1. The Hall–Kier alpha value is -1.84. The first-order chi connectivity index (χ1) is 11.4. The van der Waals surface area contributed by atoms with E-state index in [9.17, 15) is 13.2 Å². The minimum absolute atomic E-state index is 0.0106. The predicted molar refractivity (Wildman–Crippen MR) is 86.7 cm³/mol. The van der Waals surface area contributed by atoms with Gasteiger partial charge in [-0.2, -0.15) is 0 Å². The van der Waals surface area contributed by atoms with Crippen LogP contribution in [0, 0.1) is 0 Å². The number of morpholine rings is 1. The number of amides is 1. The molecule has 1 unspecified atom stereocenters. The van der Waals surface area contributed by atoms with Gasteiger partial charge >= 0.3 is 0 Å². The van der Waals surface area contributed by atoms with Gasteiger partial charge < -0.3 is 19.1 Å². The molecule has 0 spiro atoms. The highest BCUT2D eigenvalue weighted by Crippen LogP contribution is 2.28. The van der Waals surface area contributed by atoms with E-state index in [0.717, 1.165) is 0 Å². The van der Waals surface area contributed by atoms with Gasteiger partial charge in [0.1, 0.15) is 16.4 Å². The number of hydrogen-bond acceptors (Lipinski definition) is 6. The standard InChI is InChI=1S/C15H22N2O6S/c1-11(18)17-6-7-23-13(10-17)9-16-24(19,20)15-8-12(21-2)4-5-14(15)22-3/h4-5,8,13,16H,6-7,9-10H2,1-3H3. The molecular weight excluding hydrogens is 336 g/mol. The fourth-order valence-corrected chi connectivity index (χ4v) is 3.65. The Kier molecular flexibility index (Phi) is 6.03. The van der Waals surface area contributed by atoms with Crippen molar-refractivity contribution in [2.45, 2.75) is 17.9 Å². The van der Waals surface area contributed by atoms with E-state index in [0.29, 0.717) is 25.4 Å². The van der Waals surface area contributed by atoms with Crippen molar-refractivity contribution in [1.82, 2.24) is 9.62 Å². The predicted octanol–water partition coefficient (Wildman–Crippen LogP) is 0.229. The van der Waals surface area contributed by atoms with Gasteiger partial charge in [0, 0.05) is 32.6 Å². The maximum atomic E-state index is 12.6. The summed E-state index contributed by atoms with van der Waals surface area (Å²) in [5.41, 5.74) is 0. The average molecular weight is 358 g/mol. The molecule has 1 fully saturated rings. The summed E-state index contributed by atoms with van der Waals surface area (Å²) in [5.74, 6) is 0.576. The summed E-state index contributed by atoms with van der Waals surface area (Å²) in [4.78, 5) is 13.0. The van der Waals surface area contributed by atoms with Crippen LogP contribution in [0.1, 0.15) is 6.92 Å². The summed E-state index contributed by atoms with van der Waals surface area (Å²) >= 11 is 0. The monoisotopic (exact) mass is 358 g/mol. The van der Waals surface area contributed by atoms with E-state index in [2.05, 4.69) is 4.72 Å². The lowest BCUT2D eigenvalue weighted by atomic mass is 10.3. The molecule has 1 saturated heterocycles. The molecule has 1 amide bonds. The lowest BCUT2D eigenvalue weighted by molar-refractivity contribution is -0.136. The lowest BCUT2D eigenvalue weighted by Gasteiger charge is -2.32. The molecule has 0 saturated carbocycles. The van der Waals surface area contributed by atoms with E-state index in [1.54, 1.807) is 11.0 Å². The molecule has 8 nitrogen and oxygen atoms in total. The molecule has 1 aliphatic heterocycles. The molecule has 2 rings (SSSR count). The van der Waals surface area contributed by atoms with Gasteiger partial charge in [-0.3, -0.25) is 4.79 Å². The molecule has 1 aromatic rings. The maximum absolute atomic E-state index is 12.6. The molecule has 0 aromatic heterocycles. The van der Waals surface area contributed by atoms with Crippen LogP contribution in [-0.2, 0) is 19.6 Å². The smallest absolute Gasteiger partial charge is 0.244 e.